The van der Waals surface area contributed by atoms with E-state index in [0.29, 0.717) is 10.8 Å². The fourth-order valence-corrected chi connectivity index (χ4v) is 1.68. The first kappa shape index (κ1) is 8.32. The molecular weight excluding hydrogens is 184 g/mol. The number of benzene rings is 1. The van der Waals surface area contributed by atoms with E-state index < -0.39 is 0 Å². The first-order chi connectivity index (χ1) is 6.20. The van der Waals surface area contributed by atoms with Crippen molar-refractivity contribution < 1.29 is 0 Å². The van der Waals surface area contributed by atoms with Crippen molar-refractivity contribution >= 4 is 28.2 Å². The summed E-state index contributed by atoms with van der Waals surface area (Å²) in [6.45, 7) is 1.99. The van der Waals surface area contributed by atoms with Gasteiger partial charge in [0.05, 0.1) is 5.02 Å². The second kappa shape index (κ2) is 2.89. The fourth-order valence-electron chi connectivity index (χ4n) is 1.41. The van der Waals surface area contributed by atoms with E-state index in [2.05, 4.69) is 4.98 Å². The highest BCUT2D eigenvalue weighted by atomic mass is 35.5. The molecule has 0 radical (unpaired) electrons. The minimum atomic E-state index is 0.492. The van der Waals surface area contributed by atoms with Crippen molar-refractivity contribution in [3.8, 4) is 0 Å². The number of anilines is 1. The molecule has 0 aliphatic heterocycles. The Balaban J connectivity index is 3.00. The molecule has 0 aliphatic rings. The van der Waals surface area contributed by atoms with Gasteiger partial charge in [-0.2, -0.15) is 0 Å². The van der Waals surface area contributed by atoms with Gasteiger partial charge in [0.15, 0.2) is 0 Å². The average molecular weight is 193 g/mol. The smallest absolute Gasteiger partial charge is 0.132 e. The predicted molar refractivity (Wildman–Crippen MR) is 55.9 cm³/mol. The topological polar surface area (TPSA) is 38.9 Å². The van der Waals surface area contributed by atoms with Gasteiger partial charge in [0.1, 0.15) is 5.82 Å². The van der Waals surface area contributed by atoms with Gasteiger partial charge in [-0.25, -0.2) is 4.98 Å². The van der Waals surface area contributed by atoms with Crippen LogP contribution in [-0.4, -0.2) is 4.98 Å². The number of halogens is 1. The molecule has 2 aromatic rings. The van der Waals surface area contributed by atoms with E-state index in [0.717, 1.165) is 16.3 Å². The van der Waals surface area contributed by atoms with Crippen LogP contribution in [0.3, 0.4) is 0 Å². The molecule has 0 aliphatic carbocycles. The Morgan fingerprint density at radius 2 is 2.15 bits per heavy atom. The van der Waals surface area contributed by atoms with Crippen LogP contribution in [0, 0.1) is 6.92 Å². The Hall–Kier alpha value is -1.28. The minimum absolute atomic E-state index is 0.492. The molecule has 2 rings (SSSR count). The van der Waals surface area contributed by atoms with Crippen LogP contribution < -0.4 is 5.73 Å². The van der Waals surface area contributed by atoms with E-state index in [9.17, 15) is 0 Å². The van der Waals surface area contributed by atoms with Crippen LogP contribution >= 0.6 is 11.6 Å². The zero-order chi connectivity index (χ0) is 9.42. The quantitative estimate of drug-likeness (QED) is 0.697. The van der Waals surface area contributed by atoms with E-state index in [1.165, 1.54) is 0 Å². The Bertz CT molecular complexity index is 457. The maximum Gasteiger partial charge on any atom is 0.132 e. The number of aryl methyl sites for hydroxylation is 1. The highest BCUT2D eigenvalue weighted by molar-refractivity contribution is 6.36. The summed E-state index contributed by atoms with van der Waals surface area (Å²) in [5.74, 6) is 0.492. The zero-order valence-electron chi connectivity index (χ0n) is 7.21. The van der Waals surface area contributed by atoms with Crippen molar-refractivity contribution in [2.45, 2.75) is 6.92 Å². The van der Waals surface area contributed by atoms with Crippen molar-refractivity contribution in [3.63, 3.8) is 0 Å². The number of hydrogen-bond acceptors (Lipinski definition) is 2. The summed E-state index contributed by atoms with van der Waals surface area (Å²) in [4.78, 5) is 4.06. The number of rotatable bonds is 0. The number of pyridine rings is 1. The van der Waals surface area contributed by atoms with Crippen LogP contribution in [0.4, 0.5) is 5.82 Å². The summed E-state index contributed by atoms with van der Waals surface area (Å²) in [5, 5.41) is 2.58. The van der Waals surface area contributed by atoms with Gasteiger partial charge in [0.25, 0.3) is 0 Å². The Morgan fingerprint density at radius 1 is 1.38 bits per heavy atom. The molecule has 0 saturated carbocycles. The first-order valence-corrected chi connectivity index (χ1v) is 4.37. The molecule has 1 aromatic heterocycles. The number of aromatic nitrogens is 1. The largest absolute Gasteiger partial charge is 0.383 e. The zero-order valence-corrected chi connectivity index (χ0v) is 7.97. The lowest BCUT2D eigenvalue weighted by atomic mass is 10.1. The summed E-state index contributed by atoms with van der Waals surface area (Å²) in [7, 11) is 0. The van der Waals surface area contributed by atoms with Gasteiger partial charge in [0.2, 0.25) is 0 Å². The summed E-state index contributed by atoms with van der Waals surface area (Å²) in [5.41, 5.74) is 6.82. The molecule has 3 heteroatoms. The highest BCUT2D eigenvalue weighted by Crippen LogP contribution is 2.28. The summed E-state index contributed by atoms with van der Waals surface area (Å²) >= 11 is 6.01. The molecule has 13 heavy (non-hydrogen) atoms. The summed E-state index contributed by atoms with van der Waals surface area (Å²) in [6.07, 6.45) is 1.76. The van der Waals surface area contributed by atoms with Gasteiger partial charge >= 0.3 is 0 Å². The number of hydrogen-bond donors (Lipinski definition) is 1. The molecule has 66 valence electrons. The lowest BCUT2D eigenvalue weighted by Gasteiger charge is -2.05. The van der Waals surface area contributed by atoms with E-state index in [-0.39, 0.29) is 0 Å². The van der Waals surface area contributed by atoms with Crippen molar-refractivity contribution in [2.75, 3.05) is 5.73 Å². The predicted octanol–water partition coefficient (Wildman–Crippen LogP) is 2.78. The molecule has 2 nitrogen and oxygen atoms in total. The van der Waals surface area contributed by atoms with E-state index >= 15 is 0 Å². The minimum Gasteiger partial charge on any atom is -0.383 e. The molecular formula is C10H9ClN2. The number of nitrogen functional groups attached to an aromatic ring is 1. The molecule has 0 spiro atoms. The van der Waals surface area contributed by atoms with Crippen molar-refractivity contribution in [1.82, 2.24) is 4.98 Å². The normalized spacial score (nSPS) is 10.6. The van der Waals surface area contributed by atoms with Crippen LogP contribution in [-0.2, 0) is 0 Å². The van der Waals surface area contributed by atoms with Gasteiger partial charge in [0, 0.05) is 11.6 Å². The molecule has 0 fully saturated rings. The van der Waals surface area contributed by atoms with Crippen molar-refractivity contribution in [2.24, 2.45) is 0 Å². The number of fused-ring (bicyclic) bond motifs is 1. The average Bonchev–Trinajstić information content (AvgIpc) is 2.12. The van der Waals surface area contributed by atoms with Gasteiger partial charge in [-0.1, -0.05) is 23.7 Å². The monoisotopic (exact) mass is 192 g/mol. The Kier molecular flexibility index (Phi) is 1.85. The number of nitrogens with zero attached hydrogens (tertiary/aromatic N) is 1. The summed E-state index contributed by atoms with van der Waals surface area (Å²) in [6, 6.07) is 5.73. The third-order valence-electron chi connectivity index (χ3n) is 2.09. The molecule has 1 aromatic carbocycles. The molecule has 0 unspecified atom stereocenters. The lowest BCUT2D eigenvalue weighted by molar-refractivity contribution is 1.31. The van der Waals surface area contributed by atoms with E-state index in [1.807, 2.05) is 25.1 Å². The van der Waals surface area contributed by atoms with E-state index in [1.54, 1.807) is 6.20 Å². The van der Waals surface area contributed by atoms with E-state index in [4.69, 9.17) is 17.3 Å². The summed E-state index contributed by atoms with van der Waals surface area (Å²) < 4.78 is 0. The first-order valence-electron chi connectivity index (χ1n) is 3.99. The third-order valence-corrected chi connectivity index (χ3v) is 2.41. The SMILES string of the molecule is Cc1cnc(N)c2c(Cl)cccc12. The highest BCUT2D eigenvalue weighted by Gasteiger charge is 2.04. The van der Waals surface area contributed by atoms with Gasteiger partial charge < -0.3 is 5.73 Å². The van der Waals surface area contributed by atoms with Crippen LogP contribution in [0.5, 0.6) is 0 Å². The molecule has 0 bridgehead atoms. The molecule has 0 amide bonds. The molecule has 2 N–H and O–H groups in total. The van der Waals surface area contributed by atoms with Gasteiger partial charge in [-0.05, 0) is 23.9 Å². The second-order valence-electron chi connectivity index (χ2n) is 2.99. The van der Waals surface area contributed by atoms with Gasteiger partial charge in [-0.3, -0.25) is 0 Å². The molecule has 1 heterocycles. The Morgan fingerprint density at radius 3 is 2.85 bits per heavy atom. The fraction of sp³-hybridized carbons (Fsp3) is 0.100. The molecule has 0 atom stereocenters. The van der Waals surface area contributed by atoms with Crippen molar-refractivity contribution in [1.29, 1.82) is 0 Å². The van der Waals surface area contributed by atoms with Crippen LogP contribution in [0.25, 0.3) is 10.8 Å². The second-order valence-corrected chi connectivity index (χ2v) is 3.40. The van der Waals surface area contributed by atoms with Crippen LogP contribution in [0.15, 0.2) is 24.4 Å². The van der Waals surface area contributed by atoms with Crippen molar-refractivity contribution in [3.05, 3.63) is 35.0 Å². The van der Waals surface area contributed by atoms with Crippen LogP contribution in [0.2, 0.25) is 5.02 Å². The maximum absolute atomic E-state index is 6.01. The van der Waals surface area contributed by atoms with Gasteiger partial charge in [-0.15, -0.1) is 0 Å². The lowest BCUT2D eigenvalue weighted by Crippen LogP contribution is -1.93. The standard InChI is InChI=1S/C10H9ClN2/c1-6-5-13-10(12)9-7(6)3-2-4-8(9)11/h2-5H,1H3,(H2,12,13). The Labute approximate surface area is 81.3 Å². The third kappa shape index (κ3) is 1.23. The van der Waals surface area contributed by atoms with Crippen LogP contribution in [0.1, 0.15) is 5.56 Å². The maximum atomic E-state index is 6.01. The molecule has 0 saturated heterocycles. The number of nitrogens with two attached hydrogens (primary N) is 1.